The van der Waals surface area contributed by atoms with Crippen LogP contribution in [0.15, 0.2) is 582 Å². The number of aromatic nitrogens is 4. The molecule has 0 unspecified atom stereocenters. The van der Waals surface area contributed by atoms with Crippen LogP contribution in [-0.4, -0.2) is 18.3 Å². The van der Waals surface area contributed by atoms with E-state index in [1.54, 1.807) is 0 Å². The second-order valence-corrected chi connectivity index (χ2v) is 38.6. The van der Waals surface area contributed by atoms with Crippen LogP contribution in [0.4, 0.5) is 0 Å². The van der Waals surface area contributed by atoms with E-state index in [2.05, 4.69) is 601 Å². The molecule has 0 N–H and O–H groups in total. The molecule has 0 bridgehead atoms. The molecule has 0 aliphatic carbocycles. The highest BCUT2D eigenvalue weighted by molar-refractivity contribution is 6.15. The summed E-state index contributed by atoms with van der Waals surface area (Å²) in [7, 11) is 0. The van der Waals surface area contributed by atoms with Gasteiger partial charge in [0.25, 0.3) is 0 Å². The third-order valence-electron chi connectivity index (χ3n) is 29.9. The van der Waals surface area contributed by atoms with E-state index in [9.17, 15) is 0 Å². The van der Waals surface area contributed by atoms with Gasteiger partial charge in [-0.25, -0.2) is 0 Å². The molecule has 28 rings (SSSR count). The summed E-state index contributed by atoms with van der Waals surface area (Å²) in [5.41, 5.74) is 48.0. The molecule has 692 valence electrons. The van der Waals surface area contributed by atoms with E-state index in [4.69, 9.17) is 0 Å². The standard InChI is InChI=1S/2C72H48N2/c1-3-14-49(15-4-1)52-32-38-63(39-33-52)73-69-26-9-7-24-65(69)67-47-61(36-42-71(67)73)62-37-43-72-68(48-62)66-25-8-10-27-70(66)74(72)64-40-34-53(35-41-64)51-28-30-54(31-29-51)56-19-12-21-58(45-56)60-23-13-22-59(46-60)57-20-11-18-55(44-57)50-16-5-2-6-17-50;1-3-15-49(16-4-1)51-33-39-61(40-34-51)73-69-27-11-9-25-65(69)67-47-58(37-43-71(67)73)59-38-44-72-68(48-59)66-26-10-12-28-70(66)74(72)62-41-35-52(36-42-62)50-29-31-53(32-30-50)55-19-13-20-56(45-55)57-21-14-22-60(46-57)64-24-8-7-23-63(64)54-17-5-2-6-18-54/h2*1-48H. The maximum atomic E-state index is 2.41. The zero-order valence-electron chi connectivity index (χ0n) is 81.2. The van der Waals surface area contributed by atoms with Crippen molar-refractivity contribution < 1.29 is 0 Å². The average molecular weight is 1880 g/mol. The van der Waals surface area contributed by atoms with Gasteiger partial charge in [-0.15, -0.1) is 0 Å². The third kappa shape index (κ3) is 16.3. The Labute approximate surface area is 860 Å². The molecule has 0 radical (unpaired) electrons. The lowest BCUT2D eigenvalue weighted by Crippen LogP contribution is -1.94. The normalized spacial score (nSPS) is 11.5. The van der Waals surface area contributed by atoms with E-state index in [-0.39, 0.29) is 0 Å². The van der Waals surface area contributed by atoms with E-state index in [1.165, 1.54) is 243 Å². The Morgan fingerprint density at radius 2 is 0.230 bits per heavy atom. The molecule has 4 heteroatoms. The van der Waals surface area contributed by atoms with Crippen molar-refractivity contribution in [2.45, 2.75) is 0 Å². The van der Waals surface area contributed by atoms with Crippen LogP contribution in [0.5, 0.6) is 0 Å². The van der Waals surface area contributed by atoms with Crippen LogP contribution < -0.4 is 0 Å². The van der Waals surface area contributed by atoms with E-state index in [0.29, 0.717) is 0 Å². The van der Waals surface area contributed by atoms with Crippen LogP contribution in [0.25, 0.3) is 266 Å². The smallest absolute Gasteiger partial charge is 0.0541 e. The Morgan fingerprint density at radius 3 is 0.486 bits per heavy atom. The Bertz CT molecular complexity index is 9880. The van der Waals surface area contributed by atoms with Crippen molar-refractivity contribution in [3.63, 3.8) is 0 Å². The maximum Gasteiger partial charge on any atom is 0.0541 e. The van der Waals surface area contributed by atoms with Gasteiger partial charge in [0, 0.05) is 65.8 Å². The summed E-state index contributed by atoms with van der Waals surface area (Å²) in [4.78, 5) is 0. The molecule has 0 atom stereocenters. The molecular formula is C144H96N4. The summed E-state index contributed by atoms with van der Waals surface area (Å²) in [6, 6.07) is 212. The highest BCUT2D eigenvalue weighted by atomic mass is 15.0. The highest BCUT2D eigenvalue weighted by Gasteiger charge is 2.23. The van der Waals surface area contributed by atoms with E-state index in [0.717, 1.165) is 22.7 Å². The van der Waals surface area contributed by atoms with Gasteiger partial charge in [0.2, 0.25) is 0 Å². The summed E-state index contributed by atoms with van der Waals surface area (Å²) in [6.45, 7) is 0. The molecule has 4 nitrogen and oxygen atoms in total. The number of para-hydroxylation sites is 4. The average Bonchev–Trinajstić information content (AvgIpc) is 1.59. The lowest BCUT2D eigenvalue weighted by Gasteiger charge is -2.12. The fraction of sp³-hybridized carbons (Fsp3) is 0. The van der Waals surface area contributed by atoms with Gasteiger partial charge >= 0.3 is 0 Å². The molecule has 0 amide bonds. The summed E-state index contributed by atoms with van der Waals surface area (Å²) in [5.74, 6) is 0. The van der Waals surface area contributed by atoms with Crippen LogP contribution in [0.2, 0.25) is 0 Å². The van der Waals surface area contributed by atoms with Gasteiger partial charge in [0.15, 0.2) is 0 Å². The minimum Gasteiger partial charge on any atom is -0.309 e. The molecule has 28 aromatic rings. The van der Waals surface area contributed by atoms with Gasteiger partial charge in [0.1, 0.15) is 0 Å². The highest BCUT2D eigenvalue weighted by Crippen LogP contribution is 2.46. The molecular weight excluding hydrogens is 1790 g/mol. The Kier molecular flexibility index (Phi) is 22.3. The second-order valence-electron chi connectivity index (χ2n) is 38.6. The largest absolute Gasteiger partial charge is 0.309 e. The third-order valence-corrected chi connectivity index (χ3v) is 29.9. The maximum absolute atomic E-state index is 2.41. The van der Waals surface area contributed by atoms with Crippen molar-refractivity contribution in [2.75, 3.05) is 0 Å². The van der Waals surface area contributed by atoms with E-state index >= 15 is 0 Å². The molecule has 24 aromatic carbocycles. The van der Waals surface area contributed by atoms with Crippen LogP contribution >= 0.6 is 0 Å². The van der Waals surface area contributed by atoms with Crippen LogP contribution in [-0.2, 0) is 0 Å². The van der Waals surface area contributed by atoms with Gasteiger partial charge < -0.3 is 18.3 Å². The first-order chi connectivity index (χ1) is 73.3. The molecule has 0 spiro atoms. The first-order valence-electron chi connectivity index (χ1n) is 50.9. The monoisotopic (exact) mass is 1880 g/mol. The van der Waals surface area contributed by atoms with Gasteiger partial charge in [-0.3, -0.25) is 0 Å². The molecule has 0 saturated carbocycles. The van der Waals surface area contributed by atoms with Crippen LogP contribution in [0, 0.1) is 0 Å². The molecule has 0 fully saturated rings. The van der Waals surface area contributed by atoms with Crippen molar-refractivity contribution in [2.24, 2.45) is 0 Å². The molecule has 0 saturated heterocycles. The van der Waals surface area contributed by atoms with E-state index in [1.807, 2.05) is 0 Å². The molecule has 4 aromatic heterocycles. The topological polar surface area (TPSA) is 19.7 Å². The summed E-state index contributed by atoms with van der Waals surface area (Å²) in [6.07, 6.45) is 0. The van der Waals surface area contributed by atoms with Crippen molar-refractivity contribution in [3.8, 4) is 179 Å². The van der Waals surface area contributed by atoms with Gasteiger partial charge in [-0.05, 0) is 307 Å². The quantitative estimate of drug-likeness (QED) is 0.0816. The second kappa shape index (κ2) is 37.7. The predicted molar refractivity (Wildman–Crippen MR) is 626 cm³/mol. The summed E-state index contributed by atoms with van der Waals surface area (Å²) in [5, 5.41) is 9.95. The Balaban J connectivity index is 0.000000146. The number of hydrogen-bond donors (Lipinski definition) is 0. The number of nitrogens with zero attached hydrogens (tertiary/aromatic N) is 4. The molecule has 4 heterocycles. The van der Waals surface area contributed by atoms with Crippen molar-refractivity contribution in [3.05, 3.63) is 582 Å². The summed E-state index contributed by atoms with van der Waals surface area (Å²) < 4.78 is 9.61. The first-order valence-corrected chi connectivity index (χ1v) is 50.9. The van der Waals surface area contributed by atoms with Crippen molar-refractivity contribution >= 4 is 87.2 Å². The fourth-order valence-electron chi connectivity index (χ4n) is 22.5. The predicted octanol–water partition coefficient (Wildman–Crippen LogP) is 39.1. The van der Waals surface area contributed by atoms with Gasteiger partial charge in [0.05, 0.1) is 44.1 Å². The number of fused-ring (bicyclic) bond motifs is 12. The number of benzene rings is 24. The van der Waals surface area contributed by atoms with Gasteiger partial charge in [-0.2, -0.15) is 0 Å². The molecule has 0 aliphatic rings. The first kappa shape index (κ1) is 87.5. The lowest BCUT2D eigenvalue weighted by molar-refractivity contribution is 1.18. The van der Waals surface area contributed by atoms with Crippen LogP contribution in [0.1, 0.15) is 0 Å². The van der Waals surface area contributed by atoms with Gasteiger partial charge in [-0.1, -0.05) is 431 Å². The zero-order chi connectivity index (χ0) is 97.9. The number of hydrogen-bond acceptors (Lipinski definition) is 0. The summed E-state index contributed by atoms with van der Waals surface area (Å²) >= 11 is 0. The fourth-order valence-corrected chi connectivity index (χ4v) is 22.5. The molecule has 148 heavy (non-hydrogen) atoms. The van der Waals surface area contributed by atoms with E-state index < -0.39 is 0 Å². The zero-order valence-corrected chi connectivity index (χ0v) is 81.2. The SMILES string of the molecule is c1ccc(-c2ccc(-n3c4ccccc4c4cc(-c5ccc6c(c5)c5ccccc5n6-c5ccc(-c6ccc(-c7cccc(-c8cccc(-c9cccc(-c%10ccccc%10)c9)c8)c7)cc6)cc5)ccc43)cc2)cc1.c1ccc(-c2ccc(-n3c4ccccc4c4cc(-c5ccc6c(c5)c5ccccc5n6-c5ccc(-c6ccc(-c7cccc(-c8cccc(-c9ccccc9-c9ccccc9)c8)c7)cc6)cc5)ccc43)cc2)cc1. The Hall–Kier alpha value is -19.5. The Morgan fingerprint density at radius 1 is 0.0811 bits per heavy atom. The minimum atomic E-state index is 1.14. The van der Waals surface area contributed by atoms with Crippen LogP contribution in [0.3, 0.4) is 0 Å². The van der Waals surface area contributed by atoms with Crippen molar-refractivity contribution in [1.82, 2.24) is 18.3 Å². The lowest BCUT2D eigenvalue weighted by atomic mass is 9.92. The number of rotatable bonds is 18. The molecule has 0 aliphatic heterocycles. The van der Waals surface area contributed by atoms with Crippen molar-refractivity contribution in [1.29, 1.82) is 0 Å². The minimum absolute atomic E-state index is 1.14.